The van der Waals surface area contributed by atoms with Crippen LogP contribution in [0.1, 0.15) is 37.3 Å². The van der Waals surface area contributed by atoms with Gasteiger partial charge >= 0.3 is 5.97 Å². The summed E-state index contributed by atoms with van der Waals surface area (Å²) >= 11 is 0. The predicted molar refractivity (Wildman–Crippen MR) is 75.9 cm³/mol. The van der Waals surface area contributed by atoms with Crippen molar-refractivity contribution in [1.82, 2.24) is 4.98 Å². The van der Waals surface area contributed by atoms with Crippen LogP contribution in [-0.2, 0) is 23.0 Å². The van der Waals surface area contributed by atoms with E-state index in [1.165, 1.54) is 0 Å². The molecular formula is C16H21N2O2+. The molecule has 0 aliphatic heterocycles. The molecule has 1 N–H and O–H groups in total. The van der Waals surface area contributed by atoms with Gasteiger partial charge in [0.2, 0.25) is 0 Å². The molecule has 0 fully saturated rings. The number of aromatic nitrogens is 2. The summed E-state index contributed by atoms with van der Waals surface area (Å²) in [5.74, 6) is 0.642. The average molecular weight is 273 g/mol. The Morgan fingerprint density at radius 3 is 2.70 bits per heavy atom. The highest BCUT2D eigenvalue weighted by atomic mass is 16.5. The van der Waals surface area contributed by atoms with Crippen LogP contribution >= 0.6 is 0 Å². The molecule has 1 aromatic carbocycles. The van der Waals surface area contributed by atoms with Crippen LogP contribution in [-0.4, -0.2) is 11.0 Å². The Hall–Kier alpha value is -2.10. The maximum atomic E-state index is 12.1. The maximum absolute atomic E-state index is 12.1. The number of rotatable bonds is 6. The summed E-state index contributed by atoms with van der Waals surface area (Å²) in [5.41, 5.74) is 1.05. The van der Waals surface area contributed by atoms with Gasteiger partial charge in [0, 0.05) is 0 Å². The van der Waals surface area contributed by atoms with Crippen molar-refractivity contribution in [2.75, 3.05) is 0 Å². The number of imidazole rings is 1. The van der Waals surface area contributed by atoms with Crippen LogP contribution in [0.15, 0.2) is 42.7 Å². The van der Waals surface area contributed by atoms with Crippen LogP contribution in [0.4, 0.5) is 0 Å². The SMILES string of the molecule is CCCC(OC(=O)Cc1[nH]cc[n+]1C)c1ccccc1. The molecule has 1 aromatic heterocycles. The van der Waals surface area contributed by atoms with Crippen LogP contribution in [0.25, 0.3) is 0 Å². The minimum Gasteiger partial charge on any atom is -0.457 e. The molecule has 0 bridgehead atoms. The number of aryl methyl sites for hydroxylation is 1. The van der Waals surface area contributed by atoms with Crippen LogP contribution in [0, 0.1) is 0 Å². The van der Waals surface area contributed by atoms with Crippen molar-refractivity contribution < 1.29 is 14.1 Å². The summed E-state index contributed by atoms with van der Waals surface area (Å²) in [7, 11) is 1.90. The first kappa shape index (κ1) is 14.3. The van der Waals surface area contributed by atoms with E-state index in [1.807, 2.05) is 54.3 Å². The molecule has 0 saturated heterocycles. The normalized spacial score (nSPS) is 12.1. The second kappa shape index (κ2) is 6.89. The molecule has 0 aliphatic carbocycles. The first-order valence-electron chi connectivity index (χ1n) is 6.97. The summed E-state index contributed by atoms with van der Waals surface area (Å²) in [6.07, 6.45) is 5.60. The molecule has 4 nitrogen and oxygen atoms in total. The van der Waals surface area contributed by atoms with Crippen molar-refractivity contribution in [3.8, 4) is 0 Å². The predicted octanol–water partition coefficient (Wildman–Crippen LogP) is 2.47. The highest BCUT2D eigenvalue weighted by Crippen LogP contribution is 2.22. The lowest BCUT2D eigenvalue weighted by atomic mass is 10.1. The number of nitrogens with one attached hydrogen (secondary N) is 1. The Morgan fingerprint density at radius 1 is 1.35 bits per heavy atom. The van der Waals surface area contributed by atoms with Crippen LogP contribution in [0.5, 0.6) is 0 Å². The van der Waals surface area contributed by atoms with Gasteiger partial charge < -0.3 is 4.74 Å². The number of hydrogen-bond acceptors (Lipinski definition) is 2. The Labute approximate surface area is 119 Å². The summed E-state index contributed by atoms with van der Waals surface area (Å²) in [6.45, 7) is 2.09. The van der Waals surface area contributed by atoms with Crippen LogP contribution in [0.2, 0.25) is 0 Å². The number of ether oxygens (including phenoxy) is 1. The molecule has 0 aliphatic rings. The van der Waals surface area contributed by atoms with Crippen molar-refractivity contribution in [3.05, 3.63) is 54.1 Å². The van der Waals surface area contributed by atoms with Crippen molar-refractivity contribution in [2.24, 2.45) is 7.05 Å². The third-order valence-corrected chi connectivity index (χ3v) is 3.28. The number of esters is 1. The summed E-state index contributed by atoms with van der Waals surface area (Å²) in [4.78, 5) is 15.1. The molecule has 0 saturated carbocycles. The van der Waals surface area contributed by atoms with Crippen LogP contribution < -0.4 is 4.57 Å². The molecule has 0 amide bonds. The number of carbonyl (C=O) groups is 1. The largest absolute Gasteiger partial charge is 0.457 e. The number of H-pyrrole nitrogens is 1. The van der Waals surface area contributed by atoms with E-state index in [2.05, 4.69) is 11.9 Å². The lowest BCUT2D eigenvalue weighted by molar-refractivity contribution is -0.677. The van der Waals surface area contributed by atoms with Gasteiger partial charge in [-0.2, -0.15) is 0 Å². The second-order valence-electron chi connectivity index (χ2n) is 4.87. The number of hydrogen-bond donors (Lipinski definition) is 1. The number of carbonyl (C=O) groups excluding carboxylic acids is 1. The highest BCUT2D eigenvalue weighted by molar-refractivity contribution is 5.71. The van der Waals surface area contributed by atoms with E-state index in [1.54, 1.807) is 0 Å². The van der Waals surface area contributed by atoms with E-state index >= 15 is 0 Å². The Balaban J connectivity index is 2.01. The Kier molecular flexibility index (Phi) is 4.93. The standard InChI is InChI=1S/C16H20N2O2/c1-3-7-14(13-8-5-4-6-9-13)20-16(19)12-15-17-10-11-18(15)2/h4-6,8-11,14H,3,7,12H2,1-2H3/p+1. The quantitative estimate of drug-likeness (QED) is 0.649. The lowest BCUT2D eigenvalue weighted by Crippen LogP contribution is -2.32. The smallest absolute Gasteiger partial charge is 0.318 e. The Bertz CT molecular complexity index is 549. The third kappa shape index (κ3) is 3.70. The molecule has 1 unspecified atom stereocenters. The zero-order valence-corrected chi connectivity index (χ0v) is 12.0. The van der Waals surface area contributed by atoms with E-state index in [9.17, 15) is 4.79 Å². The number of aromatic amines is 1. The molecule has 106 valence electrons. The zero-order valence-electron chi connectivity index (χ0n) is 12.0. The molecule has 4 heteroatoms. The first-order valence-corrected chi connectivity index (χ1v) is 6.97. The molecule has 0 spiro atoms. The van der Waals surface area contributed by atoms with Gasteiger partial charge in [0.15, 0.2) is 0 Å². The van der Waals surface area contributed by atoms with Crippen molar-refractivity contribution >= 4 is 5.97 Å². The van der Waals surface area contributed by atoms with Crippen molar-refractivity contribution in [1.29, 1.82) is 0 Å². The minimum atomic E-state index is -0.203. The van der Waals surface area contributed by atoms with E-state index in [0.29, 0.717) is 0 Å². The van der Waals surface area contributed by atoms with E-state index in [4.69, 9.17) is 4.74 Å². The van der Waals surface area contributed by atoms with Gasteiger partial charge in [-0.15, -0.1) is 0 Å². The van der Waals surface area contributed by atoms with Crippen LogP contribution in [0.3, 0.4) is 0 Å². The van der Waals surface area contributed by atoms with E-state index < -0.39 is 0 Å². The number of benzene rings is 1. The van der Waals surface area contributed by atoms with Gasteiger partial charge in [0.05, 0.1) is 7.05 Å². The van der Waals surface area contributed by atoms with Gasteiger partial charge in [-0.25, -0.2) is 9.55 Å². The Morgan fingerprint density at radius 2 is 2.10 bits per heavy atom. The molecule has 2 aromatic rings. The summed E-state index contributed by atoms with van der Waals surface area (Å²) in [5, 5.41) is 0. The topological polar surface area (TPSA) is 46.0 Å². The fourth-order valence-corrected chi connectivity index (χ4v) is 2.17. The summed E-state index contributed by atoms with van der Waals surface area (Å²) in [6, 6.07) is 9.91. The van der Waals surface area contributed by atoms with Crippen molar-refractivity contribution in [3.63, 3.8) is 0 Å². The van der Waals surface area contributed by atoms with Gasteiger partial charge in [-0.3, -0.25) is 4.79 Å². The van der Waals surface area contributed by atoms with Gasteiger partial charge in [0.25, 0.3) is 5.82 Å². The van der Waals surface area contributed by atoms with Crippen molar-refractivity contribution in [2.45, 2.75) is 32.3 Å². The monoisotopic (exact) mass is 273 g/mol. The fourth-order valence-electron chi connectivity index (χ4n) is 2.17. The zero-order chi connectivity index (χ0) is 14.4. The molecular weight excluding hydrogens is 252 g/mol. The van der Waals surface area contributed by atoms with Gasteiger partial charge in [-0.1, -0.05) is 43.7 Å². The van der Waals surface area contributed by atoms with Gasteiger partial charge in [0.1, 0.15) is 24.9 Å². The minimum absolute atomic E-state index is 0.158. The van der Waals surface area contributed by atoms with Gasteiger partial charge in [-0.05, 0) is 12.0 Å². The highest BCUT2D eigenvalue weighted by Gasteiger charge is 2.19. The second-order valence-corrected chi connectivity index (χ2v) is 4.87. The number of nitrogens with zero attached hydrogens (tertiary/aromatic N) is 1. The molecule has 2 rings (SSSR count). The lowest BCUT2D eigenvalue weighted by Gasteiger charge is -2.17. The average Bonchev–Trinajstić information content (AvgIpc) is 2.85. The van der Waals surface area contributed by atoms with E-state index in [-0.39, 0.29) is 18.5 Å². The van der Waals surface area contributed by atoms with E-state index in [0.717, 1.165) is 24.2 Å². The fraction of sp³-hybridized carbons (Fsp3) is 0.375. The molecule has 1 heterocycles. The molecule has 20 heavy (non-hydrogen) atoms. The third-order valence-electron chi connectivity index (χ3n) is 3.28. The maximum Gasteiger partial charge on any atom is 0.318 e. The first-order chi connectivity index (χ1) is 9.70. The summed E-state index contributed by atoms with van der Waals surface area (Å²) < 4.78 is 7.52. The molecule has 1 atom stereocenters. The molecule has 0 radical (unpaired) electrons.